The molecule has 8 aromatic carbocycles. The van der Waals surface area contributed by atoms with Crippen molar-refractivity contribution in [3.05, 3.63) is 241 Å². The van der Waals surface area contributed by atoms with Crippen molar-refractivity contribution in [2.75, 3.05) is 5.32 Å². The number of fused-ring (bicyclic) bond motifs is 3. The van der Waals surface area contributed by atoms with Gasteiger partial charge in [0.15, 0.2) is 5.82 Å². The zero-order valence-electron chi connectivity index (χ0n) is 34.2. The van der Waals surface area contributed by atoms with E-state index >= 15 is 0 Å². The molecule has 0 saturated carbocycles. The number of allylic oxidation sites excluding steroid dienone is 3. The van der Waals surface area contributed by atoms with Crippen LogP contribution in [0.4, 0.5) is 5.69 Å². The first-order chi connectivity index (χ1) is 30.7. The molecular weight excluding hydrogens is 751 g/mol. The minimum absolute atomic E-state index is 0.115. The third-order valence-electron chi connectivity index (χ3n) is 12.2. The van der Waals surface area contributed by atoms with Gasteiger partial charge < -0.3 is 5.32 Å². The largest absolute Gasteiger partial charge is 0.374 e. The number of nitrogens with one attached hydrogen (secondary N) is 1. The zero-order chi connectivity index (χ0) is 41.2. The minimum atomic E-state index is 0.115. The molecule has 294 valence electrons. The summed E-state index contributed by atoms with van der Waals surface area (Å²) >= 11 is 0. The van der Waals surface area contributed by atoms with Crippen molar-refractivity contribution in [2.45, 2.75) is 18.9 Å². The van der Waals surface area contributed by atoms with Gasteiger partial charge in [-0.15, -0.1) is 0 Å². The smallest absolute Gasteiger partial charge is 0.160 e. The van der Waals surface area contributed by atoms with Gasteiger partial charge in [-0.2, -0.15) is 0 Å². The lowest BCUT2D eigenvalue weighted by molar-refractivity contribution is 0.864. The molecule has 1 atom stereocenters. The molecule has 0 saturated heterocycles. The van der Waals surface area contributed by atoms with Gasteiger partial charge >= 0.3 is 0 Å². The van der Waals surface area contributed by atoms with Crippen molar-refractivity contribution in [3.63, 3.8) is 0 Å². The summed E-state index contributed by atoms with van der Waals surface area (Å²) in [5, 5.41) is 6.45. The van der Waals surface area contributed by atoms with E-state index in [1.807, 2.05) is 6.07 Å². The maximum absolute atomic E-state index is 5.23. The summed E-state index contributed by atoms with van der Waals surface area (Å²) in [6, 6.07) is 71.4. The second-order valence-electron chi connectivity index (χ2n) is 16.1. The lowest BCUT2D eigenvalue weighted by atomic mass is 9.83. The first kappa shape index (κ1) is 37.1. The van der Waals surface area contributed by atoms with Crippen LogP contribution >= 0.6 is 0 Å². The average molecular weight is 794 g/mol. The molecule has 1 aromatic heterocycles. The van der Waals surface area contributed by atoms with Crippen LogP contribution in [0, 0.1) is 0 Å². The Morgan fingerprint density at radius 3 is 1.48 bits per heavy atom. The Bertz CT molecular complexity index is 3040. The minimum Gasteiger partial charge on any atom is -0.374 e. The van der Waals surface area contributed by atoms with Crippen LogP contribution in [0.25, 0.3) is 83.6 Å². The van der Waals surface area contributed by atoms with Crippen LogP contribution in [0.3, 0.4) is 0 Å². The molecule has 0 radical (unpaired) electrons. The molecule has 1 aliphatic heterocycles. The third kappa shape index (κ3) is 7.24. The first-order valence-electron chi connectivity index (χ1n) is 21.5. The quantitative estimate of drug-likeness (QED) is 0.166. The molecular formula is C59H43N3. The summed E-state index contributed by atoms with van der Waals surface area (Å²) in [5.41, 5.74) is 18.2. The molecule has 11 rings (SSSR count). The molecule has 0 bridgehead atoms. The molecule has 62 heavy (non-hydrogen) atoms. The number of hydrogen-bond acceptors (Lipinski definition) is 3. The molecule has 0 fully saturated rings. The highest BCUT2D eigenvalue weighted by Gasteiger charge is 2.26. The fraction of sp³-hybridized carbons (Fsp3) is 0.0508. The van der Waals surface area contributed by atoms with E-state index in [1.165, 1.54) is 55.3 Å². The standard InChI is InChI=1S/C59H43N3/c1-5-15-40(16-6-1)42-25-31-47(32-26-42)55-39-56(62-59(61-55)49-35-27-43(28-36-49)41-17-7-2-8-18-41)48-33-29-45(30-34-48)52-37-57-58(51-24-14-13-23-50(51)52)53(44-19-9-3-10-20-44)38-54(60-57)46-21-11-4-12-22-46/h1-11,13-21,23-39,54,60H,12,22H2. The van der Waals surface area contributed by atoms with Gasteiger partial charge in [0.1, 0.15) is 0 Å². The van der Waals surface area contributed by atoms with Gasteiger partial charge in [-0.25, -0.2) is 9.97 Å². The average Bonchev–Trinajstić information content (AvgIpc) is 3.37. The summed E-state index contributed by atoms with van der Waals surface area (Å²) in [4.78, 5) is 10.4. The molecule has 2 aliphatic rings. The summed E-state index contributed by atoms with van der Waals surface area (Å²) < 4.78 is 0. The van der Waals surface area contributed by atoms with Gasteiger partial charge in [0.25, 0.3) is 0 Å². The highest BCUT2D eigenvalue weighted by molar-refractivity contribution is 6.10. The molecule has 0 amide bonds. The van der Waals surface area contributed by atoms with Crippen LogP contribution in [0.15, 0.2) is 230 Å². The monoisotopic (exact) mass is 793 g/mol. The van der Waals surface area contributed by atoms with Gasteiger partial charge in [-0.05, 0) is 91.9 Å². The summed E-state index contributed by atoms with van der Waals surface area (Å²) in [7, 11) is 0. The van der Waals surface area contributed by atoms with Crippen LogP contribution < -0.4 is 5.32 Å². The molecule has 0 spiro atoms. The Kier molecular flexibility index (Phi) is 9.76. The van der Waals surface area contributed by atoms with Gasteiger partial charge in [0.05, 0.1) is 17.4 Å². The van der Waals surface area contributed by atoms with E-state index in [2.05, 4.69) is 224 Å². The van der Waals surface area contributed by atoms with Crippen LogP contribution in [-0.2, 0) is 0 Å². The second kappa shape index (κ2) is 16.3. The number of aromatic nitrogens is 2. The van der Waals surface area contributed by atoms with Crippen molar-refractivity contribution in [1.82, 2.24) is 9.97 Å². The normalized spacial score (nSPS) is 14.4. The van der Waals surface area contributed by atoms with E-state index < -0.39 is 0 Å². The van der Waals surface area contributed by atoms with E-state index in [0.717, 1.165) is 57.7 Å². The molecule has 3 nitrogen and oxygen atoms in total. The number of benzene rings is 8. The predicted molar refractivity (Wildman–Crippen MR) is 260 cm³/mol. The number of nitrogens with zero attached hydrogens (tertiary/aromatic N) is 2. The number of hydrogen-bond donors (Lipinski definition) is 1. The maximum Gasteiger partial charge on any atom is 0.160 e. The van der Waals surface area contributed by atoms with E-state index in [4.69, 9.17) is 9.97 Å². The SMILES string of the molecule is C1=CCCC(C2C=C(c3ccccc3)c3c(cc(-c4ccc(-c5cc(-c6ccc(-c7ccccc7)cc6)nc(-c6ccc(-c7ccccc7)cc6)n5)cc4)c4ccccc34)N2)=C1. The Hall–Kier alpha value is -7.88. The van der Waals surface area contributed by atoms with Gasteiger partial charge in [-0.3, -0.25) is 0 Å². The molecule has 3 heteroatoms. The fourth-order valence-electron chi connectivity index (χ4n) is 9.01. The van der Waals surface area contributed by atoms with Gasteiger partial charge in [-0.1, -0.05) is 206 Å². The summed E-state index contributed by atoms with van der Waals surface area (Å²) in [6.45, 7) is 0. The number of rotatable bonds is 8. The van der Waals surface area contributed by atoms with Crippen LogP contribution in [0.5, 0.6) is 0 Å². The van der Waals surface area contributed by atoms with Crippen molar-refractivity contribution >= 4 is 22.0 Å². The molecule has 1 unspecified atom stereocenters. The molecule has 1 aliphatic carbocycles. The number of anilines is 1. The van der Waals surface area contributed by atoms with Crippen molar-refractivity contribution in [1.29, 1.82) is 0 Å². The molecule has 9 aromatic rings. The lowest BCUT2D eigenvalue weighted by Crippen LogP contribution is -2.25. The molecule has 1 N–H and O–H groups in total. The predicted octanol–water partition coefficient (Wildman–Crippen LogP) is 15.1. The van der Waals surface area contributed by atoms with Crippen molar-refractivity contribution < 1.29 is 0 Å². The van der Waals surface area contributed by atoms with Crippen molar-refractivity contribution in [3.8, 4) is 67.3 Å². The second-order valence-corrected chi connectivity index (χ2v) is 16.1. The molecule has 2 heterocycles. The highest BCUT2D eigenvalue weighted by atomic mass is 14.9. The van der Waals surface area contributed by atoms with Crippen LogP contribution in [-0.4, -0.2) is 16.0 Å². The Labute approximate surface area is 363 Å². The van der Waals surface area contributed by atoms with Crippen molar-refractivity contribution in [2.24, 2.45) is 0 Å². The van der Waals surface area contributed by atoms with Crippen LogP contribution in [0.1, 0.15) is 24.0 Å². The van der Waals surface area contributed by atoms with E-state index in [9.17, 15) is 0 Å². The van der Waals surface area contributed by atoms with Gasteiger partial charge in [0.2, 0.25) is 0 Å². The van der Waals surface area contributed by atoms with Crippen LogP contribution in [0.2, 0.25) is 0 Å². The topological polar surface area (TPSA) is 37.8 Å². The van der Waals surface area contributed by atoms with Gasteiger partial charge in [0, 0.05) is 27.9 Å². The summed E-state index contributed by atoms with van der Waals surface area (Å²) in [5.74, 6) is 0.695. The Balaban J connectivity index is 0.993. The fourth-order valence-corrected chi connectivity index (χ4v) is 9.01. The third-order valence-corrected chi connectivity index (χ3v) is 12.2. The van der Waals surface area contributed by atoms with E-state index in [0.29, 0.717) is 5.82 Å². The first-order valence-corrected chi connectivity index (χ1v) is 21.5. The Morgan fingerprint density at radius 2 is 0.919 bits per heavy atom. The van der Waals surface area contributed by atoms with E-state index in [-0.39, 0.29) is 6.04 Å². The van der Waals surface area contributed by atoms with E-state index in [1.54, 1.807) is 0 Å². The Morgan fingerprint density at radius 1 is 0.435 bits per heavy atom. The summed E-state index contributed by atoms with van der Waals surface area (Å²) in [6.07, 6.45) is 11.3. The highest BCUT2D eigenvalue weighted by Crippen LogP contribution is 2.45. The lowest BCUT2D eigenvalue weighted by Gasteiger charge is -2.31. The zero-order valence-corrected chi connectivity index (χ0v) is 34.2. The maximum atomic E-state index is 5.23.